The van der Waals surface area contributed by atoms with Crippen LogP contribution in [0.5, 0.6) is 0 Å². The van der Waals surface area contributed by atoms with Crippen molar-refractivity contribution in [3.05, 3.63) is 17.1 Å². The van der Waals surface area contributed by atoms with Crippen molar-refractivity contribution >= 4 is 11.7 Å². The smallest absolute Gasteiger partial charge is 0.291 e. The highest BCUT2D eigenvalue weighted by molar-refractivity contribution is 5.91. The lowest BCUT2D eigenvalue weighted by molar-refractivity contribution is -0.138. The lowest BCUT2D eigenvalue weighted by Gasteiger charge is -2.48. The maximum absolute atomic E-state index is 13.2. The quantitative estimate of drug-likeness (QED) is 0.800. The summed E-state index contributed by atoms with van der Waals surface area (Å²) < 4.78 is 5.42. The first kappa shape index (κ1) is 18.6. The average Bonchev–Trinajstić information content (AvgIpc) is 3.12. The molecule has 0 unspecified atom stereocenters. The van der Waals surface area contributed by atoms with Gasteiger partial charge in [0, 0.05) is 48.9 Å². The van der Waals surface area contributed by atoms with Gasteiger partial charge in [0.05, 0.1) is 13.2 Å². The Labute approximate surface area is 161 Å². The molecule has 0 aromatic carbocycles. The molecule has 0 bridgehead atoms. The summed E-state index contributed by atoms with van der Waals surface area (Å²) in [5, 5.41) is 0. The Morgan fingerprint density at radius 1 is 1.22 bits per heavy atom. The van der Waals surface area contributed by atoms with Gasteiger partial charge in [-0.15, -0.1) is 0 Å². The van der Waals surface area contributed by atoms with Crippen molar-refractivity contribution in [1.29, 1.82) is 0 Å². The Kier molecular flexibility index (Phi) is 4.84. The van der Waals surface area contributed by atoms with Gasteiger partial charge in [0.1, 0.15) is 5.82 Å². The molecule has 1 aromatic rings. The highest BCUT2D eigenvalue weighted by Crippen LogP contribution is 2.37. The molecule has 1 aromatic heterocycles. The van der Waals surface area contributed by atoms with Crippen LogP contribution in [0.2, 0.25) is 0 Å². The highest BCUT2D eigenvalue weighted by Gasteiger charge is 2.43. The molecule has 7 heteroatoms. The standard InChI is InChI=1S/C20H31N5O2/c1-14-15(2)21-17(22-18(14)24-9-6-16(10-24)23(3)4)19(26)25-8-5-7-20(11-25)12-27-13-20/h16H,5-13H2,1-4H3/t16-/m1/s1. The van der Waals surface area contributed by atoms with Crippen LogP contribution in [0.4, 0.5) is 5.82 Å². The van der Waals surface area contributed by atoms with Crippen LogP contribution < -0.4 is 4.90 Å². The van der Waals surface area contributed by atoms with Gasteiger partial charge in [-0.2, -0.15) is 0 Å². The Hall–Kier alpha value is -1.73. The van der Waals surface area contributed by atoms with Crippen molar-refractivity contribution in [1.82, 2.24) is 19.8 Å². The van der Waals surface area contributed by atoms with Gasteiger partial charge < -0.3 is 19.4 Å². The van der Waals surface area contributed by atoms with Crippen LogP contribution in [0.25, 0.3) is 0 Å². The Balaban J connectivity index is 1.56. The monoisotopic (exact) mass is 373 g/mol. The summed E-state index contributed by atoms with van der Waals surface area (Å²) >= 11 is 0. The van der Waals surface area contributed by atoms with Gasteiger partial charge in [-0.1, -0.05) is 0 Å². The van der Waals surface area contributed by atoms with E-state index < -0.39 is 0 Å². The zero-order chi connectivity index (χ0) is 19.2. The molecular formula is C20H31N5O2. The minimum Gasteiger partial charge on any atom is -0.380 e. The molecular weight excluding hydrogens is 342 g/mol. The number of carbonyl (C=O) groups excluding carboxylic acids is 1. The van der Waals surface area contributed by atoms with Crippen LogP contribution in [0.3, 0.4) is 0 Å². The average molecular weight is 374 g/mol. The second-order valence-electron chi connectivity index (χ2n) is 8.76. The number of likely N-dealkylation sites (tertiary alicyclic amines) is 1. The maximum Gasteiger partial charge on any atom is 0.291 e. The van der Waals surface area contributed by atoms with Gasteiger partial charge in [0.2, 0.25) is 5.82 Å². The van der Waals surface area contributed by atoms with Crippen molar-refractivity contribution < 1.29 is 9.53 Å². The normalized spacial score (nSPS) is 24.6. The number of aromatic nitrogens is 2. The van der Waals surface area contributed by atoms with E-state index >= 15 is 0 Å². The zero-order valence-electron chi connectivity index (χ0n) is 17.0. The highest BCUT2D eigenvalue weighted by atomic mass is 16.5. The van der Waals surface area contributed by atoms with Gasteiger partial charge >= 0.3 is 0 Å². The van der Waals surface area contributed by atoms with E-state index in [4.69, 9.17) is 9.72 Å². The lowest BCUT2D eigenvalue weighted by atomic mass is 9.78. The van der Waals surface area contributed by atoms with E-state index in [1.54, 1.807) is 0 Å². The molecule has 0 saturated carbocycles. The van der Waals surface area contributed by atoms with E-state index in [1.165, 1.54) is 0 Å². The van der Waals surface area contributed by atoms with E-state index in [2.05, 4.69) is 35.8 Å². The first-order valence-corrected chi connectivity index (χ1v) is 10.0. The van der Waals surface area contributed by atoms with E-state index in [0.29, 0.717) is 11.9 Å². The summed E-state index contributed by atoms with van der Waals surface area (Å²) in [6, 6.07) is 0.527. The predicted octanol–water partition coefficient (Wildman–Crippen LogP) is 1.49. The molecule has 4 rings (SSSR count). The summed E-state index contributed by atoms with van der Waals surface area (Å²) in [6.45, 7) is 9.06. The van der Waals surface area contributed by atoms with Crippen molar-refractivity contribution in [3.63, 3.8) is 0 Å². The third-order valence-electron chi connectivity index (χ3n) is 6.51. The third-order valence-corrected chi connectivity index (χ3v) is 6.51. The molecule has 3 fully saturated rings. The van der Waals surface area contributed by atoms with Gasteiger partial charge in [-0.25, -0.2) is 9.97 Å². The fourth-order valence-corrected chi connectivity index (χ4v) is 4.52. The number of ether oxygens (including phenoxy) is 1. The van der Waals surface area contributed by atoms with Gasteiger partial charge in [0.25, 0.3) is 5.91 Å². The SMILES string of the molecule is Cc1nc(C(=O)N2CCCC3(COC3)C2)nc(N2CC[C@@H](N(C)C)C2)c1C. The number of aryl methyl sites for hydroxylation is 1. The summed E-state index contributed by atoms with van der Waals surface area (Å²) in [5.74, 6) is 1.24. The summed E-state index contributed by atoms with van der Waals surface area (Å²) in [5.41, 5.74) is 2.15. The zero-order valence-corrected chi connectivity index (χ0v) is 17.0. The Bertz CT molecular complexity index is 731. The fraction of sp³-hybridized carbons (Fsp3) is 0.750. The number of hydrogen-bond acceptors (Lipinski definition) is 6. The molecule has 3 aliphatic rings. The van der Waals surface area contributed by atoms with Gasteiger partial charge in [0.15, 0.2) is 0 Å². The van der Waals surface area contributed by atoms with Crippen LogP contribution in [-0.2, 0) is 4.74 Å². The predicted molar refractivity (Wildman–Crippen MR) is 104 cm³/mol. The molecule has 1 amide bonds. The fourth-order valence-electron chi connectivity index (χ4n) is 4.52. The summed E-state index contributed by atoms with van der Waals surface area (Å²) in [7, 11) is 4.25. The second kappa shape index (κ2) is 7.02. The van der Waals surface area contributed by atoms with Crippen molar-refractivity contribution in [2.24, 2.45) is 5.41 Å². The van der Waals surface area contributed by atoms with Crippen molar-refractivity contribution in [2.75, 3.05) is 58.4 Å². The van der Waals surface area contributed by atoms with Crippen LogP contribution in [0.15, 0.2) is 0 Å². The minimum atomic E-state index is -0.0336. The Morgan fingerprint density at radius 3 is 2.63 bits per heavy atom. The second-order valence-corrected chi connectivity index (χ2v) is 8.76. The van der Waals surface area contributed by atoms with E-state index in [9.17, 15) is 4.79 Å². The summed E-state index contributed by atoms with van der Waals surface area (Å²) in [4.78, 5) is 29.0. The van der Waals surface area contributed by atoms with Crippen molar-refractivity contribution in [2.45, 2.75) is 39.2 Å². The minimum absolute atomic E-state index is 0.0336. The van der Waals surface area contributed by atoms with E-state index in [0.717, 1.165) is 75.7 Å². The molecule has 27 heavy (non-hydrogen) atoms. The third kappa shape index (κ3) is 3.43. The molecule has 3 aliphatic heterocycles. The molecule has 148 valence electrons. The van der Waals surface area contributed by atoms with Crippen molar-refractivity contribution in [3.8, 4) is 0 Å². The summed E-state index contributed by atoms with van der Waals surface area (Å²) in [6.07, 6.45) is 3.30. The number of rotatable bonds is 3. The molecule has 1 spiro atoms. The van der Waals surface area contributed by atoms with E-state index in [1.807, 2.05) is 11.8 Å². The largest absolute Gasteiger partial charge is 0.380 e. The van der Waals surface area contributed by atoms with Gasteiger partial charge in [-0.05, 0) is 47.2 Å². The molecule has 1 atom stereocenters. The number of nitrogens with zero attached hydrogens (tertiary/aromatic N) is 5. The number of carbonyl (C=O) groups is 1. The van der Waals surface area contributed by atoms with Crippen LogP contribution in [0.1, 0.15) is 41.1 Å². The van der Waals surface area contributed by atoms with Gasteiger partial charge in [-0.3, -0.25) is 4.79 Å². The van der Waals surface area contributed by atoms with Crippen LogP contribution >= 0.6 is 0 Å². The molecule has 0 N–H and O–H groups in total. The number of anilines is 1. The molecule has 3 saturated heterocycles. The first-order chi connectivity index (χ1) is 12.9. The van der Waals surface area contributed by atoms with Crippen LogP contribution in [-0.4, -0.2) is 85.2 Å². The van der Waals surface area contributed by atoms with Crippen LogP contribution in [0, 0.1) is 19.3 Å². The molecule has 0 aliphatic carbocycles. The molecule has 4 heterocycles. The number of hydrogen-bond donors (Lipinski definition) is 0. The number of amides is 1. The maximum atomic E-state index is 13.2. The number of likely N-dealkylation sites (N-methyl/N-ethyl adjacent to an activating group) is 1. The first-order valence-electron chi connectivity index (χ1n) is 10.0. The Morgan fingerprint density at radius 2 is 2.00 bits per heavy atom. The molecule has 7 nitrogen and oxygen atoms in total. The molecule has 0 radical (unpaired) electrons. The lowest BCUT2D eigenvalue weighted by Crippen LogP contribution is -2.55. The van der Waals surface area contributed by atoms with E-state index in [-0.39, 0.29) is 11.3 Å². The topological polar surface area (TPSA) is 61.8 Å². The number of piperidine rings is 1.